The molecule has 0 aromatic heterocycles. The minimum Gasteiger partial charge on any atom is -0.450 e. The highest BCUT2D eigenvalue weighted by molar-refractivity contribution is 9.10. The Kier molecular flexibility index (Phi) is 3.10. The maximum atomic E-state index is 12.5. The fourth-order valence-corrected chi connectivity index (χ4v) is 2.01. The maximum absolute atomic E-state index is 12.5. The lowest BCUT2D eigenvalue weighted by Crippen LogP contribution is -2.14. The van der Waals surface area contributed by atoms with E-state index in [1.807, 2.05) is 0 Å². The normalized spacial score (nSPS) is 11.3. The molecule has 0 amide bonds. The molecular formula is C6H4BBrFO3S. The Morgan fingerprint density at radius 3 is 2.46 bits per heavy atom. The first-order valence-electron chi connectivity index (χ1n) is 3.16. The van der Waals surface area contributed by atoms with Crippen LogP contribution in [0.25, 0.3) is 0 Å². The third kappa shape index (κ3) is 2.79. The highest BCUT2D eigenvalue weighted by Gasteiger charge is 2.13. The van der Waals surface area contributed by atoms with E-state index in [1.165, 1.54) is 6.07 Å². The number of rotatable bonds is 2. The van der Waals surface area contributed by atoms with Crippen molar-refractivity contribution in [1.82, 2.24) is 0 Å². The van der Waals surface area contributed by atoms with Crippen molar-refractivity contribution in [2.45, 2.75) is 4.90 Å². The van der Waals surface area contributed by atoms with Crippen molar-refractivity contribution in [3.05, 3.63) is 22.7 Å². The molecule has 1 aromatic carbocycles. The van der Waals surface area contributed by atoms with Crippen LogP contribution in [0, 0.1) is 0 Å². The molecule has 0 atom stereocenters. The van der Waals surface area contributed by atoms with Gasteiger partial charge in [0, 0.05) is 4.47 Å². The summed E-state index contributed by atoms with van der Waals surface area (Å²) in [5.74, 6) is 0. The van der Waals surface area contributed by atoms with Crippen LogP contribution >= 0.6 is 15.9 Å². The van der Waals surface area contributed by atoms with Gasteiger partial charge in [0.05, 0.1) is 4.90 Å². The molecule has 0 heterocycles. The quantitative estimate of drug-likeness (QED) is 0.620. The van der Waals surface area contributed by atoms with Gasteiger partial charge in [-0.2, -0.15) is 8.42 Å². The lowest BCUT2D eigenvalue weighted by molar-refractivity contribution is 0.552. The highest BCUT2D eigenvalue weighted by Crippen LogP contribution is 2.16. The largest absolute Gasteiger partial charge is 0.450 e. The van der Waals surface area contributed by atoms with E-state index < -0.39 is 15.1 Å². The van der Waals surface area contributed by atoms with Crippen molar-refractivity contribution in [3.8, 4) is 0 Å². The molecule has 69 valence electrons. The van der Waals surface area contributed by atoms with Crippen LogP contribution in [0.15, 0.2) is 27.6 Å². The van der Waals surface area contributed by atoms with Crippen LogP contribution in [0.4, 0.5) is 3.89 Å². The van der Waals surface area contributed by atoms with Crippen molar-refractivity contribution in [3.63, 3.8) is 0 Å². The van der Waals surface area contributed by atoms with Crippen LogP contribution in [-0.2, 0) is 10.2 Å². The zero-order valence-electron chi connectivity index (χ0n) is 6.24. The number of hydrogen-bond donors (Lipinski definition) is 1. The molecule has 0 aliphatic heterocycles. The number of benzene rings is 1. The molecule has 7 heteroatoms. The molecule has 0 saturated heterocycles. The second kappa shape index (κ2) is 3.77. The van der Waals surface area contributed by atoms with Crippen LogP contribution in [0.5, 0.6) is 0 Å². The summed E-state index contributed by atoms with van der Waals surface area (Å²) in [6, 6.07) is 3.59. The summed E-state index contributed by atoms with van der Waals surface area (Å²) in [6.07, 6.45) is 0. The van der Waals surface area contributed by atoms with Gasteiger partial charge < -0.3 is 5.02 Å². The second-order valence-electron chi connectivity index (χ2n) is 2.29. The zero-order valence-corrected chi connectivity index (χ0v) is 8.64. The molecule has 0 aliphatic rings. The minimum absolute atomic E-state index is 0.214. The highest BCUT2D eigenvalue weighted by atomic mass is 79.9. The molecule has 1 radical (unpaired) electrons. The lowest BCUT2D eigenvalue weighted by atomic mass is 9.89. The van der Waals surface area contributed by atoms with Crippen molar-refractivity contribution >= 4 is 39.1 Å². The number of halogens is 2. The molecule has 0 unspecified atom stereocenters. The van der Waals surface area contributed by atoms with Gasteiger partial charge in [-0.15, -0.1) is 3.89 Å². The molecule has 1 rings (SSSR count). The average molecular weight is 266 g/mol. The molecule has 1 N–H and O–H groups in total. The van der Waals surface area contributed by atoms with E-state index in [4.69, 9.17) is 5.02 Å². The third-order valence-electron chi connectivity index (χ3n) is 1.32. The van der Waals surface area contributed by atoms with Crippen LogP contribution in [-0.4, -0.2) is 20.9 Å². The van der Waals surface area contributed by atoms with Crippen LogP contribution < -0.4 is 5.46 Å². The van der Waals surface area contributed by atoms with Crippen LogP contribution in [0.1, 0.15) is 0 Å². The van der Waals surface area contributed by atoms with E-state index in [9.17, 15) is 12.3 Å². The Bertz CT molecular complexity index is 420. The van der Waals surface area contributed by atoms with E-state index in [1.54, 1.807) is 0 Å². The molecule has 3 nitrogen and oxygen atoms in total. The van der Waals surface area contributed by atoms with E-state index in [0.717, 1.165) is 12.1 Å². The van der Waals surface area contributed by atoms with Gasteiger partial charge in [0.25, 0.3) is 0 Å². The Hall–Kier alpha value is -0.395. The van der Waals surface area contributed by atoms with Gasteiger partial charge in [-0.05, 0) is 12.1 Å². The van der Waals surface area contributed by atoms with Gasteiger partial charge in [0.15, 0.2) is 0 Å². The maximum Gasteiger partial charge on any atom is 0.332 e. The molecule has 13 heavy (non-hydrogen) atoms. The summed E-state index contributed by atoms with van der Waals surface area (Å²) in [4.78, 5) is -0.484. The Morgan fingerprint density at radius 1 is 1.38 bits per heavy atom. The summed E-state index contributed by atoms with van der Waals surface area (Å²) < 4.78 is 33.8. The Morgan fingerprint density at radius 2 is 2.00 bits per heavy atom. The Labute approximate surface area is 84.2 Å². The summed E-state index contributed by atoms with van der Waals surface area (Å²) in [6.45, 7) is 0. The summed E-state index contributed by atoms with van der Waals surface area (Å²) >= 11 is 2.98. The smallest absolute Gasteiger partial charge is 0.332 e. The molecule has 1 aromatic rings. The second-order valence-corrected chi connectivity index (χ2v) is 4.55. The fourth-order valence-electron chi connectivity index (χ4n) is 0.800. The SMILES string of the molecule is O=S(=O)(F)c1cc(Br)cc([B]O)c1. The summed E-state index contributed by atoms with van der Waals surface area (Å²) in [5, 5.41) is 8.59. The van der Waals surface area contributed by atoms with Gasteiger partial charge in [-0.3, -0.25) is 0 Å². The monoisotopic (exact) mass is 265 g/mol. The first-order valence-corrected chi connectivity index (χ1v) is 5.34. The van der Waals surface area contributed by atoms with Gasteiger partial charge in [-0.25, -0.2) is 0 Å². The topological polar surface area (TPSA) is 54.4 Å². The van der Waals surface area contributed by atoms with Crippen LogP contribution in [0.3, 0.4) is 0 Å². The van der Waals surface area contributed by atoms with E-state index in [0.29, 0.717) is 12.0 Å². The Balaban J connectivity index is 3.33. The summed E-state index contributed by atoms with van der Waals surface area (Å²) in [7, 11) is -4.03. The first-order chi connectivity index (χ1) is 5.93. The zero-order chi connectivity index (χ0) is 10.1. The molecule has 0 spiro atoms. The molecular weight excluding hydrogens is 262 g/mol. The van der Waals surface area contributed by atoms with Gasteiger partial charge in [0.1, 0.15) is 0 Å². The van der Waals surface area contributed by atoms with E-state index >= 15 is 0 Å². The minimum atomic E-state index is -4.72. The summed E-state index contributed by atoms with van der Waals surface area (Å²) in [5.41, 5.74) is 0.214. The van der Waals surface area contributed by atoms with Crippen molar-refractivity contribution in [1.29, 1.82) is 0 Å². The fraction of sp³-hybridized carbons (Fsp3) is 0. The standard InChI is InChI=1S/C6H4BBrFO3S/c8-5-1-4(7-10)2-6(3-5)13(9,11)12/h1-3,10H. The molecule has 0 fully saturated rings. The first kappa shape index (κ1) is 10.7. The number of hydrogen-bond acceptors (Lipinski definition) is 3. The van der Waals surface area contributed by atoms with Crippen molar-refractivity contribution in [2.24, 2.45) is 0 Å². The lowest BCUT2D eigenvalue weighted by Gasteiger charge is -1.99. The molecule has 0 saturated carbocycles. The van der Waals surface area contributed by atoms with Crippen molar-refractivity contribution in [2.75, 3.05) is 0 Å². The van der Waals surface area contributed by atoms with Gasteiger partial charge in [0.2, 0.25) is 0 Å². The van der Waals surface area contributed by atoms with Gasteiger partial charge in [-0.1, -0.05) is 27.5 Å². The molecule has 0 aliphatic carbocycles. The van der Waals surface area contributed by atoms with Crippen LogP contribution in [0.2, 0.25) is 0 Å². The van der Waals surface area contributed by atoms with E-state index in [2.05, 4.69) is 15.9 Å². The third-order valence-corrected chi connectivity index (χ3v) is 2.58. The molecule has 0 bridgehead atoms. The van der Waals surface area contributed by atoms with E-state index in [-0.39, 0.29) is 5.46 Å². The van der Waals surface area contributed by atoms with Gasteiger partial charge >= 0.3 is 17.7 Å². The van der Waals surface area contributed by atoms with Crippen molar-refractivity contribution < 1.29 is 17.3 Å². The average Bonchev–Trinajstić information content (AvgIpc) is 2.01. The predicted molar refractivity (Wildman–Crippen MR) is 50.0 cm³/mol. The predicted octanol–water partition coefficient (Wildman–Crippen LogP) is 0.344.